The molecule has 0 aromatic heterocycles. The molecule has 0 radical (unpaired) electrons. The van der Waals surface area contributed by atoms with Gasteiger partial charge in [0, 0.05) is 5.56 Å². The maximum absolute atomic E-state index is 13.5. The quantitative estimate of drug-likeness (QED) is 0.929. The van der Waals surface area contributed by atoms with Crippen LogP contribution in [0.25, 0.3) is 0 Å². The molecule has 104 valence electrons. The molecule has 0 fully saturated rings. The molecule has 1 aliphatic rings. The van der Waals surface area contributed by atoms with E-state index in [4.69, 9.17) is 4.74 Å². The highest BCUT2D eigenvalue weighted by atomic mass is 19.1. The van der Waals surface area contributed by atoms with Crippen molar-refractivity contribution in [2.75, 3.05) is 0 Å². The number of hydrogen-bond acceptors (Lipinski definition) is 2. The fourth-order valence-electron chi connectivity index (χ4n) is 2.48. The number of aliphatic hydroxyl groups is 1. The Kier molecular flexibility index (Phi) is 3.40. The van der Waals surface area contributed by atoms with E-state index in [-0.39, 0.29) is 12.2 Å². The first-order valence-corrected chi connectivity index (χ1v) is 6.51. The maximum atomic E-state index is 13.5. The highest BCUT2D eigenvalue weighted by Gasteiger charge is 2.20. The van der Waals surface area contributed by atoms with Gasteiger partial charge in [-0.25, -0.2) is 8.78 Å². The summed E-state index contributed by atoms with van der Waals surface area (Å²) in [7, 11) is 0. The normalized spacial score (nSPS) is 17.1. The largest absolute Gasteiger partial charge is 0.489 e. The Morgan fingerprint density at radius 1 is 1.15 bits per heavy atom. The minimum atomic E-state index is -0.484. The molecule has 2 aromatic carbocycles. The lowest BCUT2D eigenvalue weighted by Gasteiger charge is -2.10. The molecule has 0 spiro atoms. The number of aliphatic hydroxyl groups excluding tert-OH is 1. The molecule has 0 heterocycles. The Morgan fingerprint density at radius 3 is 2.85 bits per heavy atom. The van der Waals surface area contributed by atoms with Crippen LogP contribution in [0.1, 0.15) is 29.2 Å². The fourth-order valence-corrected chi connectivity index (χ4v) is 2.48. The van der Waals surface area contributed by atoms with Crippen molar-refractivity contribution in [3.8, 4) is 5.75 Å². The lowest BCUT2D eigenvalue weighted by atomic mass is 10.1. The van der Waals surface area contributed by atoms with Gasteiger partial charge >= 0.3 is 0 Å². The van der Waals surface area contributed by atoms with E-state index in [1.165, 1.54) is 0 Å². The van der Waals surface area contributed by atoms with Crippen LogP contribution in [-0.2, 0) is 13.0 Å². The molecule has 1 aliphatic carbocycles. The first-order valence-electron chi connectivity index (χ1n) is 6.51. The average molecular weight is 276 g/mol. The fraction of sp³-hybridized carbons (Fsp3) is 0.250. The number of fused-ring (bicyclic) bond motifs is 1. The summed E-state index contributed by atoms with van der Waals surface area (Å²) in [6.07, 6.45) is 1.12. The minimum absolute atomic E-state index is 0.0229. The predicted octanol–water partition coefficient (Wildman–Crippen LogP) is 3.52. The summed E-state index contributed by atoms with van der Waals surface area (Å²) in [6.45, 7) is -0.0229. The topological polar surface area (TPSA) is 29.5 Å². The van der Waals surface area contributed by atoms with E-state index in [1.807, 2.05) is 12.1 Å². The minimum Gasteiger partial charge on any atom is -0.489 e. The lowest BCUT2D eigenvalue weighted by molar-refractivity contribution is 0.180. The van der Waals surface area contributed by atoms with Gasteiger partial charge in [-0.3, -0.25) is 0 Å². The van der Waals surface area contributed by atoms with Crippen molar-refractivity contribution in [1.29, 1.82) is 0 Å². The van der Waals surface area contributed by atoms with Crippen LogP contribution in [0.4, 0.5) is 8.78 Å². The van der Waals surface area contributed by atoms with Gasteiger partial charge in [-0.1, -0.05) is 6.07 Å². The van der Waals surface area contributed by atoms with Crippen LogP contribution in [0.5, 0.6) is 5.75 Å². The molecular weight excluding hydrogens is 262 g/mol. The first-order chi connectivity index (χ1) is 9.63. The van der Waals surface area contributed by atoms with E-state index in [1.54, 1.807) is 6.07 Å². The second kappa shape index (κ2) is 5.21. The molecule has 4 heteroatoms. The van der Waals surface area contributed by atoms with Gasteiger partial charge in [0.05, 0.1) is 6.10 Å². The second-order valence-electron chi connectivity index (χ2n) is 4.94. The molecule has 1 N–H and O–H groups in total. The van der Waals surface area contributed by atoms with Crippen LogP contribution in [0, 0.1) is 11.6 Å². The van der Waals surface area contributed by atoms with Gasteiger partial charge in [0.15, 0.2) is 0 Å². The molecule has 0 unspecified atom stereocenters. The van der Waals surface area contributed by atoms with Gasteiger partial charge < -0.3 is 9.84 Å². The van der Waals surface area contributed by atoms with Crippen LogP contribution in [0.15, 0.2) is 36.4 Å². The summed E-state index contributed by atoms with van der Waals surface area (Å²) in [5.74, 6) is -0.369. The van der Waals surface area contributed by atoms with Gasteiger partial charge in [0.1, 0.15) is 24.0 Å². The van der Waals surface area contributed by atoms with E-state index in [9.17, 15) is 13.9 Å². The van der Waals surface area contributed by atoms with Crippen LogP contribution >= 0.6 is 0 Å². The molecule has 3 rings (SSSR count). The third kappa shape index (κ3) is 2.51. The molecule has 0 saturated carbocycles. The van der Waals surface area contributed by atoms with Crippen molar-refractivity contribution < 1.29 is 18.6 Å². The summed E-state index contributed by atoms with van der Waals surface area (Å²) in [6, 6.07) is 8.72. The van der Waals surface area contributed by atoms with Crippen LogP contribution in [0.3, 0.4) is 0 Å². The number of aryl methyl sites for hydroxylation is 1. The third-order valence-electron chi connectivity index (χ3n) is 3.56. The Bertz CT molecular complexity index is 640. The molecule has 0 aliphatic heterocycles. The summed E-state index contributed by atoms with van der Waals surface area (Å²) in [4.78, 5) is 0. The number of rotatable bonds is 3. The number of ether oxygens (including phenoxy) is 1. The number of benzene rings is 2. The zero-order chi connectivity index (χ0) is 14.1. The Balaban J connectivity index is 1.74. The van der Waals surface area contributed by atoms with E-state index < -0.39 is 17.7 Å². The molecule has 1 atom stereocenters. The Hall–Kier alpha value is -1.94. The highest BCUT2D eigenvalue weighted by molar-refractivity contribution is 5.40. The van der Waals surface area contributed by atoms with Gasteiger partial charge in [0.25, 0.3) is 0 Å². The van der Waals surface area contributed by atoms with Crippen molar-refractivity contribution in [3.05, 3.63) is 64.7 Å². The zero-order valence-electron chi connectivity index (χ0n) is 10.8. The molecule has 2 nitrogen and oxygen atoms in total. The van der Waals surface area contributed by atoms with E-state index in [0.29, 0.717) is 5.75 Å². The third-order valence-corrected chi connectivity index (χ3v) is 3.56. The van der Waals surface area contributed by atoms with Crippen molar-refractivity contribution in [2.24, 2.45) is 0 Å². The second-order valence-corrected chi connectivity index (χ2v) is 4.94. The van der Waals surface area contributed by atoms with Crippen molar-refractivity contribution in [3.63, 3.8) is 0 Å². The molecule has 0 bridgehead atoms. The van der Waals surface area contributed by atoms with Gasteiger partial charge in [-0.2, -0.15) is 0 Å². The van der Waals surface area contributed by atoms with Gasteiger partial charge in [-0.05, 0) is 54.3 Å². The van der Waals surface area contributed by atoms with E-state index in [0.717, 1.165) is 42.2 Å². The zero-order valence-corrected chi connectivity index (χ0v) is 10.8. The highest BCUT2D eigenvalue weighted by Crippen LogP contribution is 2.33. The maximum Gasteiger partial charge on any atom is 0.130 e. The summed E-state index contributed by atoms with van der Waals surface area (Å²) in [5, 5.41) is 9.71. The van der Waals surface area contributed by atoms with Gasteiger partial charge in [0.2, 0.25) is 0 Å². The molecule has 20 heavy (non-hydrogen) atoms. The van der Waals surface area contributed by atoms with Crippen LogP contribution in [-0.4, -0.2) is 5.11 Å². The van der Waals surface area contributed by atoms with E-state index in [2.05, 4.69) is 0 Å². The molecule has 2 aromatic rings. The van der Waals surface area contributed by atoms with Crippen LogP contribution in [0.2, 0.25) is 0 Å². The Morgan fingerprint density at radius 2 is 2.00 bits per heavy atom. The lowest BCUT2D eigenvalue weighted by Crippen LogP contribution is -2.00. The Labute approximate surface area is 115 Å². The molecule has 0 saturated heterocycles. The number of halogens is 2. The van der Waals surface area contributed by atoms with Crippen LogP contribution < -0.4 is 4.74 Å². The van der Waals surface area contributed by atoms with Crippen molar-refractivity contribution in [2.45, 2.75) is 25.6 Å². The molecular formula is C16H14F2O2. The predicted molar refractivity (Wildman–Crippen MR) is 70.4 cm³/mol. The standard InChI is InChI=1S/C16H14F2O2/c17-12-2-5-15(18)11(7-12)9-20-13-3-4-14-10(8-13)1-6-16(14)19/h2-5,7-8,16,19H,1,6,9H2/t16-/m1/s1. The summed E-state index contributed by atoms with van der Waals surface area (Å²) < 4.78 is 32.0. The SMILES string of the molecule is O[C@@H]1CCc2cc(OCc3cc(F)ccc3F)ccc21. The molecule has 0 amide bonds. The van der Waals surface area contributed by atoms with Gasteiger partial charge in [-0.15, -0.1) is 0 Å². The summed E-state index contributed by atoms with van der Waals surface area (Å²) in [5.41, 5.74) is 2.16. The monoisotopic (exact) mass is 276 g/mol. The number of hydrogen-bond donors (Lipinski definition) is 1. The first kappa shape index (κ1) is 13.1. The van der Waals surface area contributed by atoms with Crippen molar-refractivity contribution >= 4 is 0 Å². The van der Waals surface area contributed by atoms with Crippen molar-refractivity contribution in [1.82, 2.24) is 0 Å². The average Bonchev–Trinajstić information content (AvgIpc) is 2.81. The van der Waals surface area contributed by atoms with E-state index >= 15 is 0 Å². The smallest absolute Gasteiger partial charge is 0.130 e. The summed E-state index contributed by atoms with van der Waals surface area (Å²) >= 11 is 0.